The Morgan fingerprint density at radius 3 is 2.37 bits per heavy atom. The Balaban J connectivity index is 2.89. The molecule has 1 atom stereocenters. The molecule has 0 fully saturated rings. The van der Waals surface area contributed by atoms with Crippen molar-refractivity contribution in [2.24, 2.45) is 0 Å². The molecule has 0 aliphatic carbocycles. The normalized spacial score (nSPS) is 12.7. The van der Waals surface area contributed by atoms with Gasteiger partial charge in [0.25, 0.3) is 0 Å². The second-order valence-electron chi connectivity index (χ2n) is 4.76. The molecule has 0 aliphatic rings. The lowest BCUT2D eigenvalue weighted by molar-refractivity contribution is -0.125. The summed E-state index contributed by atoms with van der Waals surface area (Å²) in [5.41, 5.74) is 0.502. The van der Waals surface area contributed by atoms with Crippen molar-refractivity contribution < 1.29 is 9.59 Å². The van der Waals surface area contributed by atoms with Gasteiger partial charge in [-0.1, -0.05) is 23.7 Å². The molecular formula is C13H17ClN2O2S. The maximum Gasteiger partial charge on any atom is 0.248 e. The Morgan fingerprint density at radius 1 is 1.32 bits per heavy atom. The number of halogens is 1. The predicted molar refractivity (Wildman–Crippen MR) is 80.8 cm³/mol. The molecule has 6 heteroatoms. The second-order valence-corrected chi connectivity index (χ2v) is 6.32. The van der Waals surface area contributed by atoms with Crippen LogP contribution in [0.2, 0.25) is 5.02 Å². The minimum absolute atomic E-state index is 0.290. The molecule has 0 aromatic heterocycles. The number of hydrogen-bond donors (Lipinski definition) is 3. The molecule has 1 rings (SSSR count). The van der Waals surface area contributed by atoms with Crippen molar-refractivity contribution in [3.05, 3.63) is 29.3 Å². The van der Waals surface area contributed by atoms with E-state index in [1.807, 2.05) is 0 Å². The van der Waals surface area contributed by atoms with E-state index in [1.54, 1.807) is 38.1 Å². The van der Waals surface area contributed by atoms with Gasteiger partial charge in [-0.05, 0) is 26.0 Å². The average molecular weight is 301 g/mol. The molecule has 0 heterocycles. The maximum atomic E-state index is 12.2. The first kappa shape index (κ1) is 15.9. The van der Waals surface area contributed by atoms with Crippen molar-refractivity contribution in [2.45, 2.75) is 31.6 Å². The molecule has 19 heavy (non-hydrogen) atoms. The van der Waals surface area contributed by atoms with Gasteiger partial charge in [0.15, 0.2) is 0 Å². The zero-order chi connectivity index (χ0) is 14.6. The summed E-state index contributed by atoms with van der Waals surface area (Å²) in [6, 6.07) is 6.14. The number of para-hydroxylation sites is 1. The Morgan fingerprint density at radius 2 is 1.89 bits per heavy atom. The summed E-state index contributed by atoms with van der Waals surface area (Å²) >= 11 is 10.3. The summed E-state index contributed by atoms with van der Waals surface area (Å²) in [6.07, 6.45) is 0. The highest BCUT2D eigenvalue weighted by atomic mass is 35.5. The summed E-state index contributed by atoms with van der Waals surface area (Å²) in [5, 5.41) is 5.72. The molecule has 0 bridgehead atoms. The van der Waals surface area contributed by atoms with E-state index in [1.165, 1.54) is 6.92 Å². The van der Waals surface area contributed by atoms with Crippen molar-refractivity contribution in [1.29, 1.82) is 0 Å². The molecule has 4 nitrogen and oxygen atoms in total. The highest BCUT2D eigenvalue weighted by Crippen LogP contribution is 2.23. The van der Waals surface area contributed by atoms with Crippen LogP contribution in [0.25, 0.3) is 0 Å². The van der Waals surface area contributed by atoms with Crippen molar-refractivity contribution in [2.75, 3.05) is 5.32 Å². The predicted octanol–water partition coefficient (Wildman–Crippen LogP) is 2.49. The molecule has 0 saturated heterocycles. The van der Waals surface area contributed by atoms with Gasteiger partial charge in [-0.25, -0.2) is 0 Å². The quantitative estimate of drug-likeness (QED) is 0.748. The SMILES string of the molecule is CC(=O)NC(C(=O)Nc1ccccc1Cl)C(C)(C)S. The number of rotatable bonds is 4. The molecular weight excluding hydrogens is 284 g/mol. The fourth-order valence-electron chi connectivity index (χ4n) is 1.53. The standard InChI is InChI=1S/C13H17ClN2O2S/c1-8(17)15-11(13(2,3)19)12(18)16-10-7-5-4-6-9(10)14/h4-7,11,19H,1-3H3,(H,15,17)(H,16,18). The third-order valence-corrected chi connectivity index (χ3v) is 3.04. The summed E-state index contributed by atoms with van der Waals surface area (Å²) in [6.45, 7) is 4.86. The van der Waals surface area contributed by atoms with Gasteiger partial charge >= 0.3 is 0 Å². The van der Waals surface area contributed by atoms with Crippen LogP contribution in [0.15, 0.2) is 24.3 Å². The molecule has 0 radical (unpaired) electrons. The summed E-state index contributed by atoms with van der Waals surface area (Å²) < 4.78 is -0.697. The average Bonchev–Trinajstić information content (AvgIpc) is 2.27. The van der Waals surface area contributed by atoms with Gasteiger partial charge < -0.3 is 10.6 Å². The van der Waals surface area contributed by atoms with Crippen LogP contribution in [0.4, 0.5) is 5.69 Å². The molecule has 1 aromatic rings. The van der Waals surface area contributed by atoms with Gasteiger partial charge in [0.1, 0.15) is 6.04 Å². The summed E-state index contributed by atoms with van der Waals surface area (Å²) in [5.74, 6) is -0.648. The van der Waals surface area contributed by atoms with E-state index >= 15 is 0 Å². The number of hydrogen-bond acceptors (Lipinski definition) is 3. The van der Waals surface area contributed by atoms with Gasteiger partial charge in [0.2, 0.25) is 11.8 Å². The molecule has 1 unspecified atom stereocenters. The van der Waals surface area contributed by atoms with E-state index in [-0.39, 0.29) is 11.8 Å². The van der Waals surface area contributed by atoms with Crippen LogP contribution in [0, 0.1) is 0 Å². The van der Waals surface area contributed by atoms with Crippen molar-refractivity contribution in [3.8, 4) is 0 Å². The summed E-state index contributed by atoms with van der Waals surface area (Å²) in [7, 11) is 0. The molecule has 2 N–H and O–H groups in total. The fourth-order valence-corrected chi connectivity index (χ4v) is 1.90. The van der Waals surface area contributed by atoms with E-state index in [4.69, 9.17) is 11.6 Å². The minimum atomic E-state index is -0.760. The van der Waals surface area contributed by atoms with E-state index in [0.29, 0.717) is 10.7 Å². The number of thiol groups is 1. The first-order chi connectivity index (χ1) is 8.71. The Bertz CT molecular complexity index is 486. The number of anilines is 1. The van der Waals surface area contributed by atoms with E-state index < -0.39 is 10.8 Å². The lowest BCUT2D eigenvalue weighted by atomic mass is 10.0. The van der Waals surface area contributed by atoms with E-state index in [9.17, 15) is 9.59 Å². The number of benzene rings is 1. The topological polar surface area (TPSA) is 58.2 Å². The summed E-state index contributed by atoms with van der Waals surface area (Å²) in [4.78, 5) is 23.4. The Kier molecular flexibility index (Phi) is 5.26. The van der Waals surface area contributed by atoms with Crippen molar-refractivity contribution in [3.63, 3.8) is 0 Å². The zero-order valence-corrected chi connectivity index (χ0v) is 12.7. The highest BCUT2D eigenvalue weighted by molar-refractivity contribution is 7.81. The number of amides is 2. The molecule has 2 amide bonds. The van der Waals surface area contributed by atoms with E-state index in [2.05, 4.69) is 23.3 Å². The van der Waals surface area contributed by atoms with Crippen LogP contribution in [-0.4, -0.2) is 22.6 Å². The van der Waals surface area contributed by atoms with Crippen molar-refractivity contribution in [1.82, 2.24) is 5.32 Å². The van der Waals surface area contributed by atoms with Crippen molar-refractivity contribution >= 4 is 41.7 Å². The molecule has 0 aliphatic heterocycles. The minimum Gasteiger partial charge on any atom is -0.343 e. The first-order valence-corrected chi connectivity index (χ1v) is 6.59. The Hall–Kier alpha value is -1.20. The van der Waals surface area contributed by atoms with Crippen LogP contribution >= 0.6 is 24.2 Å². The maximum absolute atomic E-state index is 12.2. The van der Waals surface area contributed by atoms with Crippen LogP contribution in [0.5, 0.6) is 0 Å². The van der Waals surface area contributed by atoms with Crippen LogP contribution in [-0.2, 0) is 9.59 Å². The van der Waals surface area contributed by atoms with Crippen LogP contribution < -0.4 is 10.6 Å². The van der Waals surface area contributed by atoms with E-state index in [0.717, 1.165) is 0 Å². The molecule has 1 aromatic carbocycles. The first-order valence-electron chi connectivity index (χ1n) is 5.76. The smallest absolute Gasteiger partial charge is 0.248 e. The van der Waals surface area contributed by atoms with Gasteiger partial charge in [-0.15, -0.1) is 0 Å². The zero-order valence-electron chi connectivity index (χ0n) is 11.0. The van der Waals surface area contributed by atoms with Crippen LogP contribution in [0.3, 0.4) is 0 Å². The number of carbonyl (C=O) groups is 2. The molecule has 0 spiro atoms. The van der Waals surface area contributed by atoms with Gasteiger partial charge in [0, 0.05) is 11.7 Å². The van der Waals surface area contributed by atoms with Gasteiger partial charge in [-0.2, -0.15) is 12.6 Å². The van der Waals surface area contributed by atoms with Gasteiger partial charge in [-0.3, -0.25) is 9.59 Å². The lowest BCUT2D eigenvalue weighted by Crippen LogP contribution is -2.53. The molecule has 0 saturated carbocycles. The third-order valence-electron chi connectivity index (χ3n) is 2.45. The monoisotopic (exact) mass is 300 g/mol. The van der Waals surface area contributed by atoms with Crippen LogP contribution in [0.1, 0.15) is 20.8 Å². The second kappa shape index (κ2) is 6.30. The Labute approximate surface area is 123 Å². The molecule has 104 valence electrons. The largest absolute Gasteiger partial charge is 0.343 e. The lowest BCUT2D eigenvalue weighted by Gasteiger charge is -2.29. The highest BCUT2D eigenvalue weighted by Gasteiger charge is 2.33. The van der Waals surface area contributed by atoms with Gasteiger partial charge in [0.05, 0.1) is 10.7 Å². The fraction of sp³-hybridized carbons (Fsp3) is 0.385. The number of nitrogens with one attached hydrogen (secondary N) is 2. The number of carbonyl (C=O) groups excluding carboxylic acids is 2. The third kappa shape index (κ3) is 4.76.